The van der Waals surface area contributed by atoms with Gasteiger partial charge in [-0.1, -0.05) is 17.2 Å². The van der Waals surface area contributed by atoms with Crippen molar-refractivity contribution >= 4 is 5.97 Å². The summed E-state index contributed by atoms with van der Waals surface area (Å²) in [6.45, 7) is 5.20. The van der Waals surface area contributed by atoms with Gasteiger partial charge < -0.3 is 14.2 Å². The van der Waals surface area contributed by atoms with E-state index < -0.39 is 5.54 Å². The molecule has 38 heavy (non-hydrogen) atoms. The average molecular weight is 527 g/mol. The molecule has 0 N–H and O–H groups in total. The van der Waals surface area contributed by atoms with E-state index in [9.17, 15) is 15.2 Å². The van der Waals surface area contributed by atoms with Crippen molar-refractivity contribution in [1.82, 2.24) is 0 Å². The number of rotatable bonds is 6. The predicted molar refractivity (Wildman–Crippen MR) is 141 cm³/mol. The fraction of sp³-hybridized carbons (Fsp3) is 0.897. The Balaban J connectivity index is 1.26. The van der Waals surface area contributed by atoms with E-state index in [4.69, 9.17) is 14.2 Å². The Kier molecular flexibility index (Phi) is 6.84. The smallest absolute Gasteiger partial charge is 0.331 e. The highest BCUT2D eigenvalue weighted by molar-refractivity contribution is 5.85. The average Bonchev–Trinajstić information content (AvgIpc) is 3.47. The van der Waals surface area contributed by atoms with Crippen molar-refractivity contribution in [3.05, 3.63) is 27.0 Å². The van der Waals surface area contributed by atoms with Gasteiger partial charge in [0.2, 0.25) is 0 Å². The summed E-state index contributed by atoms with van der Waals surface area (Å²) < 4.78 is 17.8. The van der Waals surface area contributed by atoms with E-state index in [2.05, 4.69) is 29.1 Å². The maximum Gasteiger partial charge on any atom is 0.331 e. The summed E-state index contributed by atoms with van der Waals surface area (Å²) >= 11 is 0. The van der Waals surface area contributed by atoms with Crippen LogP contribution >= 0.6 is 0 Å². The highest BCUT2D eigenvalue weighted by Gasteiger charge is 2.70. The summed E-state index contributed by atoms with van der Waals surface area (Å²) in [6.07, 6.45) is 13.5. The molecule has 10 atom stereocenters. The van der Waals surface area contributed by atoms with E-state index in [1.165, 1.54) is 0 Å². The minimum Gasteiger partial charge on any atom is -0.458 e. The molecule has 0 aromatic heterocycles. The van der Waals surface area contributed by atoms with Crippen LogP contribution in [-0.4, -0.2) is 43.2 Å². The van der Waals surface area contributed by atoms with Crippen molar-refractivity contribution in [3.8, 4) is 0 Å². The molecule has 6 rings (SSSR count). The minimum absolute atomic E-state index is 0.112. The van der Waals surface area contributed by atoms with Gasteiger partial charge in [-0.15, -0.1) is 0 Å². The second-order valence-electron chi connectivity index (χ2n) is 13.3. The predicted octanol–water partition coefficient (Wildman–Crippen LogP) is 6.61. The van der Waals surface area contributed by atoms with Gasteiger partial charge in [0.15, 0.2) is 6.29 Å². The molecule has 0 amide bonds. The topological polar surface area (TPSA) is 123 Å². The standard InChI is InChI=1S/C29H42N4O5/c1-18-4-3-5-26(37-18)38-21-8-12-28(17-31-33-30)20(15-21)6-7-24-23(28)9-11-27(2)22(10-13-29(24,27)32-35)19-14-25(34)36-16-19/h14,18,20-24,26H,3-13,15-17H2,1-2H3/t18-,20?,21-,22+,23?,24?,26-,27+,28+,29-/m0/s1. The van der Waals surface area contributed by atoms with Crippen LogP contribution in [0, 0.1) is 39.4 Å². The first-order chi connectivity index (χ1) is 18.3. The number of nitroso groups, excluding NO2 is 1. The van der Waals surface area contributed by atoms with Crippen LogP contribution < -0.4 is 0 Å². The number of carbonyl (C=O) groups is 1. The number of azide groups is 1. The lowest BCUT2D eigenvalue weighted by Gasteiger charge is -2.64. The van der Waals surface area contributed by atoms with E-state index in [1.54, 1.807) is 6.08 Å². The van der Waals surface area contributed by atoms with E-state index in [0.717, 1.165) is 82.6 Å². The van der Waals surface area contributed by atoms with Crippen LogP contribution in [0.15, 0.2) is 21.9 Å². The molecule has 0 aromatic carbocycles. The Labute approximate surface area is 225 Å². The Morgan fingerprint density at radius 1 is 1.11 bits per heavy atom. The van der Waals surface area contributed by atoms with Crippen molar-refractivity contribution in [2.24, 2.45) is 44.8 Å². The normalized spacial score (nSPS) is 48.1. The van der Waals surface area contributed by atoms with Crippen molar-refractivity contribution < 1.29 is 19.0 Å². The van der Waals surface area contributed by atoms with Gasteiger partial charge in [-0.3, -0.25) is 0 Å². The third kappa shape index (κ3) is 3.95. The fourth-order valence-corrected chi connectivity index (χ4v) is 10.3. The summed E-state index contributed by atoms with van der Waals surface area (Å²) in [5.74, 6) is 0.768. The van der Waals surface area contributed by atoms with Gasteiger partial charge in [0.25, 0.3) is 0 Å². The molecule has 9 heteroatoms. The number of hydrogen-bond donors (Lipinski definition) is 0. The van der Waals surface area contributed by atoms with Crippen LogP contribution in [0.3, 0.4) is 0 Å². The molecule has 9 nitrogen and oxygen atoms in total. The van der Waals surface area contributed by atoms with E-state index in [-0.39, 0.29) is 47.1 Å². The Bertz CT molecular complexity index is 1040. The van der Waals surface area contributed by atoms with Crippen LogP contribution in [0.25, 0.3) is 10.4 Å². The lowest BCUT2D eigenvalue weighted by molar-refractivity contribution is -0.229. The molecule has 0 aromatic rings. The van der Waals surface area contributed by atoms with Gasteiger partial charge in [-0.2, -0.15) is 4.91 Å². The Hall–Kier alpha value is -1.96. The Morgan fingerprint density at radius 2 is 1.97 bits per heavy atom. The summed E-state index contributed by atoms with van der Waals surface area (Å²) in [4.78, 5) is 28.0. The third-order valence-electron chi connectivity index (χ3n) is 12.0. The first kappa shape index (κ1) is 26.3. The SMILES string of the molecule is C[C@H]1CCC[C@H](O[C@H]2CC[C@@]3(CN=[N+]=[N-])C(CCC4C3CC[C@]3(C)[C@@H](C5=CC(=O)OC5)CC[C@]43N=O)C2)O1. The molecule has 0 spiro atoms. The summed E-state index contributed by atoms with van der Waals surface area (Å²) in [6, 6.07) is 0. The van der Waals surface area contributed by atoms with Gasteiger partial charge >= 0.3 is 5.97 Å². The van der Waals surface area contributed by atoms with Crippen LogP contribution in [0.2, 0.25) is 0 Å². The Morgan fingerprint density at radius 3 is 2.71 bits per heavy atom. The van der Waals surface area contributed by atoms with Crippen molar-refractivity contribution in [2.75, 3.05) is 13.2 Å². The van der Waals surface area contributed by atoms with Crippen molar-refractivity contribution in [3.63, 3.8) is 0 Å². The van der Waals surface area contributed by atoms with Crippen molar-refractivity contribution in [2.45, 2.75) is 115 Å². The molecule has 2 aliphatic heterocycles. The highest BCUT2D eigenvalue weighted by Crippen LogP contribution is 2.71. The summed E-state index contributed by atoms with van der Waals surface area (Å²) in [5.41, 5.74) is 9.33. The van der Waals surface area contributed by atoms with Gasteiger partial charge in [-0.05, 0) is 124 Å². The second-order valence-corrected chi connectivity index (χ2v) is 13.3. The lowest BCUT2D eigenvalue weighted by Crippen LogP contribution is -2.63. The molecule has 3 unspecified atom stereocenters. The lowest BCUT2D eigenvalue weighted by atomic mass is 9.42. The first-order valence-corrected chi connectivity index (χ1v) is 14.9. The zero-order chi connectivity index (χ0) is 26.5. The summed E-state index contributed by atoms with van der Waals surface area (Å²) in [5, 5.41) is 8.23. The van der Waals surface area contributed by atoms with Gasteiger partial charge in [-0.25, -0.2) is 4.79 Å². The van der Waals surface area contributed by atoms with Gasteiger partial charge in [0.05, 0.1) is 12.2 Å². The number of nitrogens with zero attached hydrogens (tertiary/aromatic N) is 4. The fourth-order valence-electron chi connectivity index (χ4n) is 10.3. The molecule has 4 saturated carbocycles. The zero-order valence-corrected chi connectivity index (χ0v) is 22.8. The number of esters is 1. The third-order valence-corrected chi connectivity index (χ3v) is 12.0. The molecule has 2 heterocycles. The van der Waals surface area contributed by atoms with Crippen LogP contribution in [0.4, 0.5) is 0 Å². The number of fused-ring (bicyclic) bond motifs is 5. The van der Waals surface area contributed by atoms with Gasteiger partial charge in [0, 0.05) is 22.9 Å². The molecule has 1 saturated heterocycles. The van der Waals surface area contributed by atoms with Crippen LogP contribution in [-0.2, 0) is 19.0 Å². The molecule has 208 valence electrons. The monoisotopic (exact) mass is 526 g/mol. The highest BCUT2D eigenvalue weighted by atomic mass is 16.7. The maximum absolute atomic E-state index is 12.9. The summed E-state index contributed by atoms with van der Waals surface area (Å²) in [7, 11) is 0. The largest absolute Gasteiger partial charge is 0.458 e. The van der Waals surface area contributed by atoms with Crippen molar-refractivity contribution in [1.29, 1.82) is 0 Å². The van der Waals surface area contributed by atoms with E-state index in [1.807, 2.05) is 0 Å². The molecular weight excluding hydrogens is 484 g/mol. The molecular formula is C29H42N4O5. The van der Waals surface area contributed by atoms with E-state index in [0.29, 0.717) is 25.0 Å². The maximum atomic E-state index is 12.9. The van der Waals surface area contributed by atoms with E-state index >= 15 is 0 Å². The number of cyclic esters (lactones) is 1. The molecule has 0 bridgehead atoms. The molecule has 4 aliphatic carbocycles. The van der Waals surface area contributed by atoms with Crippen LogP contribution in [0.1, 0.15) is 90.9 Å². The quantitative estimate of drug-likeness (QED) is 0.0962. The van der Waals surface area contributed by atoms with Gasteiger partial charge in [0.1, 0.15) is 12.1 Å². The molecule has 0 radical (unpaired) electrons. The number of hydrogen-bond acceptors (Lipinski definition) is 7. The number of ether oxygens (including phenoxy) is 3. The number of carbonyl (C=O) groups excluding carboxylic acids is 1. The van der Waals surface area contributed by atoms with Crippen LogP contribution in [0.5, 0.6) is 0 Å². The second kappa shape index (κ2) is 9.90. The molecule has 5 fully saturated rings. The minimum atomic E-state index is -0.652. The zero-order valence-electron chi connectivity index (χ0n) is 22.8. The first-order valence-electron chi connectivity index (χ1n) is 14.9. The molecule has 6 aliphatic rings.